The Balaban J connectivity index is 1.78. The highest BCUT2D eigenvalue weighted by Crippen LogP contribution is 2.45. The van der Waals surface area contributed by atoms with Gasteiger partial charge in [0.25, 0.3) is 0 Å². The van der Waals surface area contributed by atoms with Gasteiger partial charge in [0.2, 0.25) is 0 Å². The van der Waals surface area contributed by atoms with E-state index in [1.165, 1.54) is 29.7 Å². The Morgan fingerprint density at radius 2 is 2.16 bits per heavy atom. The first-order valence-corrected chi connectivity index (χ1v) is 7.08. The van der Waals surface area contributed by atoms with Gasteiger partial charge in [0.05, 0.1) is 0 Å². The molecule has 1 N–H and O–H groups in total. The molecule has 1 saturated heterocycles. The van der Waals surface area contributed by atoms with E-state index < -0.39 is 6.09 Å². The third-order valence-electron chi connectivity index (χ3n) is 4.91. The maximum atomic E-state index is 11.2. The van der Waals surface area contributed by atoms with Gasteiger partial charge in [-0.25, -0.2) is 4.79 Å². The van der Waals surface area contributed by atoms with Crippen LogP contribution >= 0.6 is 0 Å². The summed E-state index contributed by atoms with van der Waals surface area (Å²) in [5.41, 5.74) is 4.26. The number of nitrogens with zero attached hydrogens (tertiary/aromatic N) is 2. The van der Waals surface area contributed by atoms with Crippen LogP contribution in [0.5, 0.6) is 0 Å². The Morgan fingerprint density at radius 1 is 1.26 bits per heavy atom. The molecule has 3 aliphatic rings. The number of aryl methyl sites for hydroxylation is 1. The molecular formula is C15H18N2O2. The van der Waals surface area contributed by atoms with Crippen molar-refractivity contribution in [2.45, 2.75) is 18.8 Å². The first kappa shape index (κ1) is 11.1. The van der Waals surface area contributed by atoms with Crippen molar-refractivity contribution in [3.05, 3.63) is 29.3 Å². The Hall–Kier alpha value is -1.71. The van der Waals surface area contributed by atoms with E-state index in [4.69, 9.17) is 0 Å². The van der Waals surface area contributed by atoms with Gasteiger partial charge in [0.15, 0.2) is 0 Å². The summed E-state index contributed by atoms with van der Waals surface area (Å²) in [5, 5.41) is 9.21. The molecule has 19 heavy (non-hydrogen) atoms. The fourth-order valence-corrected chi connectivity index (χ4v) is 4.10. The predicted molar refractivity (Wildman–Crippen MR) is 72.8 cm³/mol. The molecular weight excluding hydrogens is 240 g/mol. The smallest absolute Gasteiger partial charge is 0.407 e. The van der Waals surface area contributed by atoms with Gasteiger partial charge in [-0.05, 0) is 24.0 Å². The number of para-hydroxylation sites is 1. The van der Waals surface area contributed by atoms with Crippen LogP contribution < -0.4 is 4.90 Å². The van der Waals surface area contributed by atoms with E-state index in [-0.39, 0.29) is 0 Å². The van der Waals surface area contributed by atoms with Crippen molar-refractivity contribution in [3.63, 3.8) is 0 Å². The molecule has 0 saturated carbocycles. The molecule has 0 spiro atoms. The minimum absolute atomic E-state index is 0.403. The van der Waals surface area contributed by atoms with Crippen LogP contribution in [-0.2, 0) is 6.42 Å². The fourth-order valence-electron chi connectivity index (χ4n) is 4.10. The number of amides is 1. The van der Waals surface area contributed by atoms with Crippen LogP contribution in [0.4, 0.5) is 10.5 Å². The molecule has 4 rings (SSSR count). The van der Waals surface area contributed by atoms with Crippen molar-refractivity contribution >= 4 is 11.8 Å². The van der Waals surface area contributed by atoms with Crippen LogP contribution in [0.3, 0.4) is 0 Å². The quantitative estimate of drug-likeness (QED) is 0.775. The van der Waals surface area contributed by atoms with Crippen LogP contribution in [0.15, 0.2) is 18.2 Å². The lowest BCUT2D eigenvalue weighted by Crippen LogP contribution is -2.40. The van der Waals surface area contributed by atoms with Crippen LogP contribution in [-0.4, -0.2) is 42.3 Å². The zero-order valence-electron chi connectivity index (χ0n) is 10.9. The second-order valence-corrected chi connectivity index (χ2v) is 5.96. The van der Waals surface area contributed by atoms with Gasteiger partial charge in [-0.1, -0.05) is 18.2 Å². The van der Waals surface area contributed by atoms with Crippen LogP contribution in [0, 0.1) is 5.92 Å². The summed E-state index contributed by atoms with van der Waals surface area (Å²) in [4.78, 5) is 15.3. The lowest BCUT2D eigenvalue weighted by molar-refractivity contribution is 0.154. The average molecular weight is 258 g/mol. The molecule has 2 atom stereocenters. The number of anilines is 1. The predicted octanol–water partition coefficient (Wildman–Crippen LogP) is 2.15. The SMILES string of the molecule is O=C(O)N1C[C@H]2CN3CCCc4cccc(c43)[C@H]2C1. The number of carboxylic acid groups (broad SMARTS) is 1. The van der Waals surface area contributed by atoms with Crippen LogP contribution in [0.2, 0.25) is 0 Å². The van der Waals surface area contributed by atoms with Crippen molar-refractivity contribution < 1.29 is 9.90 Å². The third kappa shape index (κ3) is 1.55. The summed E-state index contributed by atoms with van der Waals surface area (Å²) in [6, 6.07) is 6.58. The number of fused-ring (bicyclic) bond motifs is 2. The first-order valence-electron chi connectivity index (χ1n) is 7.08. The van der Waals surface area contributed by atoms with Crippen molar-refractivity contribution in [1.29, 1.82) is 0 Å². The van der Waals surface area contributed by atoms with Crippen molar-refractivity contribution in [1.82, 2.24) is 4.90 Å². The van der Waals surface area contributed by atoms with Crippen molar-refractivity contribution in [2.24, 2.45) is 5.92 Å². The number of hydrogen-bond donors (Lipinski definition) is 1. The van der Waals surface area contributed by atoms with E-state index >= 15 is 0 Å². The number of benzene rings is 1. The summed E-state index contributed by atoms with van der Waals surface area (Å²) in [5.74, 6) is 0.873. The molecule has 1 amide bonds. The molecule has 0 aromatic heterocycles. The minimum Gasteiger partial charge on any atom is -0.465 e. The molecule has 3 heterocycles. The molecule has 1 fully saturated rings. The van der Waals surface area contributed by atoms with Gasteiger partial charge in [0, 0.05) is 43.7 Å². The highest BCUT2D eigenvalue weighted by Gasteiger charge is 2.42. The minimum atomic E-state index is -0.770. The lowest BCUT2D eigenvalue weighted by Gasteiger charge is -2.41. The van der Waals surface area contributed by atoms with Crippen LogP contribution in [0.1, 0.15) is 23.5 Å². The van der Waals surface area contributed by atoms with E-state index in [0.29, 0.717) is 24.9 Å². The zero-order chi connectivity index (χ0) is 13.0. The van der Waals surface area contributed by atoms with Crippen molar-refractivity contribution in [3.8, 4) is 0 Å². The molecule has 0 bridgehead atoms. The van der Waals surface area contributed by atoms with Gasteiger partial charge >= 0.3 is 6.09 Å². The maximum absolute atomic E-state index is 11.2. The Kier molecular flexibility index (Phi) is 2.28. The number of rotatable bonds is 0. The molecule has 1 aromatic rings. The molecule has 1 aromatic carbocycles. The Morgan fingerprint density at radius 3 is 3.00 bits per heavy atom. The second-order valence-electron chi connectivity index (χ2n) is 5.96. The monoisotopic (exact) mass is 258 g/mol. The van der Waals surface area contributed by atoms with E-state index in [1.54, 1.807) is 4.90 Å². The normalized spacial score (nSPS) is 28.0. The summed E-state index contributed by atoms with van der Waals surface area (Å²) in [6.45, 7) is 3.52. The highest BCUT2D eigenvalue weighted by molar-refractivity contribution is 5.68. The summed E-state index contributed by atoms with van der Waals surface area (Å²) in [6.07, 6.45) is 1.62. The molecule has 100 valence electrons. The van der Waals surface area contributed by atoms with Crippen molar-refractivity contribution in [2.75, 3.05) is 31.1 Å². The molecule has 0 radical (unpaired) electrons. The molecule has 0 unspecified atom stereocenters. The molecule has 4 heteroatoms. The van der Waals surface area contributed by atoms with Gasteiger partial charge in [-0.2, -0.15) is 0 Å². The summed E-state index contributed by atoms with van der Waals surface area (Å²) in [7, 11) is 0. The number of hydrogen-bond acceptors (Lipinski definition) is 2. The van der Waals surface area contributed by atoms with Crippen LogP contribution in [0.25, 0.3) is 0 Å². The van der Waals surface area contributed by atoms with Gasteiger partial charge in [-0.3, -0.25) is 0 Å². The number of carbonyl (C=O) groups is 1. The topological polar surface area (TPSA) is 43.8 Å². The third-order valence-corrected chi connectivity index (χ3v) is 4.91. The Bertz CT molecular complexity index is 543. The first-order chi connectivity index (χ1) is 9.24. The summed E-state index contributed by atoms with van der Waals surface area (Å²) >= 11 is 0. The standard InChI is InChI=1S/C15H18N2O2/c18-15(19)17-8-11-7-16-6-2-4-10-3-1-5-12(14(10)16)13(11)9-17/h1,3,5,11,13H,2,4,6-9H2,(H,18,19)/t11-,13+/m1/s1. The largest absolute Gasteiger partial charge is 0.465 e. The van der Waals surface area contributed by atoms with E-state index in [2.05, 4.69) is 23.1 Å². The second kappa shape index (κ2) is 3.89. The van der Waals surface area contributed by atoms with E-state index in [9.17, 15) is 9.90 Å². The number of likely N-dealkylation sites (tertiary alicyclic amines) is 1. The molecule has 3 aliphatic heterocycles. The average Bonchev–Trinajstić information content (AvgIpc) is 2.84. The van der Waals surface area contributed by atoms with Gasteiger partial charge in [0.1, 0.15) is 0 Å². The molecule has 0 aliphatic carbocycles. The highest BCUT2D eigenvalue weighted by atomic mass is 16.4. The lowest BCUT2D eigenvalue weighted by atomic mass is 9.80. The maximum Gasteiger partial charge on any atom is 0.407 e. The van der Waals surface area contributed by atoms with E-state index in [0.717, 1.165) is 13.1 Å². The molecule has 4 nitrogen and oxygen atoms in total. The Labute approximate surface area is 112 Å². The van der Waals surface area contributed by atoms with E-state index in [1.807, 2.05) is 0 Å². The fraction of sp³-hybridized carbons (Fsp3) is 0.533. The van der Waals surface area contributed by atoms with Gasteiger partial charge in [-0.15, -0.1) is 0 Å². The zero-order valence-corrected chi connectivity index (χ0v) is 10.9. The van der Waals surface area contributed by atoms with Gasteiger partial charge < -0.3 is 14.9 Å². The summed E-state index contributed by atoms with van der Waals surface area (Å²) < 4.78 is 0.